The molecule has 0 aliphatic rings. The van der Waals surface area contributed by atoms with E-state index in [1.54, 1.807) is 7.11 Å². The maximum atomic E-state index is 5.31. The zero-order valence-electron chi connectivity index (χ0n) is 7.99. The van der Waals surface area contributed by atoms with Crippen LogP contribution in [-0.2, 0) is 11.2 Å². The normalized spacial score (nSPS) is 10.0. The molecule has 0 aliphatic heterocycles. The molecule has 0 spiro atoms. The van der Waals surface area contributed by atoms with E-state index in [4.69, 9.17) is 9.47 Å². The summed E-state index contributed by atoms with van der Waals surface area (Å²) in [6.07, 6.45) is 2.41. The Balaban J connectivity index is 2.46. The molecule has 0 fully saturated rings. The third kappa shape index (κ3) is 3.38. The molecule has 0 aromatic carbocycles. The first-order chi connectivity index (χ1) is 6.36. The largest absolute Gasteiger partial charge is 0.475 e. The number of rotatable bonds is 5. The minimum absolute atomic E-state index is 0.524. The van der Waals surface area contributed by atoms with Gasteiger partial charge in [0.25, 0.3) is 0 Å². The van der Waals surface area contributed by atoms with Crippen LogP contribution >= 0.6 is 0 Å². The van der Waals surface area contributed by atoms with Crippen molar-refractivity contribution < 1.29 is 9.47 Å². The van der Waals surface area contributed by atoms with E-state index in [1.165, 1.54) is 6.33 Å². The van der Waals surface area contributed by atoms with Crippen LogP contribution in [0.15, 0.2) is 12.4 Å². The van der Waals surface area contributed by atoms with Crippen molar-refractivity contribution in [1.29, 1.82) is 0 Å². The molecule has 0 atom stereocenters. The van der Waals surface area contributed by atoms with Crippen LogP contribution < -0.4 is 4.74 Å². The number of methoxy groups -OCH3 is 1. The van der Waals surface area contributed by atoms with E-state index in [1.807, 2.05) is 13.0 Å². The molecule has 4 nitrogen and oxygen atoms in total. The fourth-order valence-corrected chi connectivity index (χ4v) is 0.879. The second-order valence-corrected chi connectivity index (χ2v) is 2.54. The van der Waals surface area contributed by atoms with Gasteiger partial charge in [-0.25, -0.2) is 9.97 Å². The summed E-state index contributed by atoms with van der Waals surface area (Å²) in [5, 5.41) is 0. The van der Waals surface area contributed by atoms with Crippen molar-refractivity contribution in [3.63, 3.8) is 0 Å². The Bertz CT molecular complexity index is 253. The molecule has 0 radical (unpaired) electrons. The third-order valence-corrected chi connectivity index (χ3v) is 1.60. The summed E-state index contributed by atoms with van der Waals surface area (Å²) in [7, 11) is 1.64. The maximum absolute atomic E-state index is 5.31. The summed E-state index contributed by atoms with van der Waals surface area (Å²) in [5.74, 6) is 0.615. The molecule has 1 aromatic rings. The SMILES string of the molecule is CCc1cc(OCCOC)ncn1. The molecule has 0 saturated carbocycles. The van der Waals surface area contributed by atoms with Gasteiger partial charge in [0.15, 0.2) is 0 Å². The number of hydrogen-bond acceptors (Lipinski definition) is 4. The summed E-state index contributed by atoms with van der Waals surface area (Å²) in [5.41, 5.74) is 0.988. The molecule has 72 valence electrons. The molecule has 4 heteroatoms. The van der Waals surface area contributed by atoms with Crippen LogP contribution in [0.4, 0.5) is 0 Å². The Kier molecular flexibility index (Phi) is 4.18. The van der Waals surface area contributed by atoms with Gasteiger partial charge in [0.1, 0.15) is 12.9 Å². The highest BCUT2D eigenvalue weighted by atomic mass is 16.5. The number of nitrogens with zero attached hydrogens (tertiary/aromatic N) is 2. The lowest BCUT2D eigenvalue weighted by Crippen LogP contribution is -2.05. The monoisotopic (exact) mass is 182 g/mol. The quantitative estimate of drug-likeness (QED) is 0.639. The van der Waals surface area contributed by atoms with Crippen LogP contribution in [0.1, 0.15) is 12.6 Å². The number of ether oxygens (including phenoxy) is 2. The predicted molar refractivity (Wildman–Crippen MR) is 48.8 cm³/mol. The molecule has 1 aromatic heterocycles. The average molecular weight is 182 g/mol. The molecular formula is C9H14N2O2. The Morgan fingerprint density at radius 3 is 2.85 bits per heavy atom. The van der Waals surface area contributed by atoms with Crippen molar-refractivity contribution >= 4 is 0 Å². The summed E-state index contributed by atoms with van der Waals surface area (Å²) < 4.78 is 10.2. The molecule has 0 unspecified atom stereocenters. The molecule has 1 heterocycles. The Hall–Kier alpha value is -1.16. The predicted octanol–water partition coefficient (Wildman–Crippen LogP) is 1.06. The molecule has 13 heavy (non-hydrogen) atoms. The highest BCUT2D eigenvalue weighted by Crippen LogP contribution is 2.06. The van der Waals surface area contributed by atoms with Crippen molar-refractivity contribution in [2.24, 2.45) is 0 Å². The number of aromatic nitrogens is 2. The topological polar surface area (TPSA) is 44.2 Å². The van der Waals surface area contributed by atoms with E-state index in [9.17, 15) is 0 Å². The summed E-state index contributed by atoms with van der Waals surface area (Å²) in [4.78, 5) is 8.03. The molecule has 0 saturated heterocycles. The molecular weight excluding hydrogens is 168 g/mol. The van der Waals surface area contributed by atoms with Crippen molar-refractivity contribution in [2.45, 2.75) is 13.3 Å². The van der Waals surface area contributed by atoms with Gasteiger partial charge in [0.2, 0.25) is 5.88 Å². The van der Waals surface area contributed by atoms with E-state index >= 15 is 0 Å². The highest BCUT2D eigenvalue weighted by Gasteiger charge is 1.96. The van der Waals surface area contributed by atoms with Crippen LogP contribution in [0, 0.1) is 0 Å². The van der Waals surface area contributed by atoms with Crippen LogP contribution in [0.5, 0.6) is 5.88 Å². The van der Waals surface area contributed by atoms with E-state index < -0.39 is 0 Å². The lowest BCUT2D eigenvalue weighted by atomic mass is 10.3. The van der Waals surface area contributed by atoms with Crippen molar-refractivity contribution in [3.05, 3.63) is 18.1 Å². The van der Waals surface area contributed by atoms with Crippen LogP contribution in [-0.4, -0.2) is 30.3 Å². The number of hydrogen-bond donors (Lipinski definition) is 0. The average Bonchev–Trinajstić information content (AvgIpc) is 2.19. The van der Waals surface area contributed by atoms with Gasteiger partial charge in [-0.15, -0.1) is 0 Å². The van der Waals surface area contributed by atoms with Crippen molar-refractivity contribution in [1.82, 2.24) is 9.97 Å². The summed E-state index contributed by atoms with van der Waals surface area (Å²) in [6, 6.07) is 1.84. The standard InChI is InChI=1S/C9H14N2O2/c1-3-8-6-9(11-7-10-8)13-5-4-12-2/h6-7H,3-5H2,1-2H3. The lowest BCUT2D eigenvalue weighted by Gasteiger charge is -2.04. The van der Waals surface area contributed by atoms with Gasteiger partial charge in [-0.1, -0.05) is 6.92 Å². The first-order valence-corrected chi connectivity index (χ1v) is 4.29. The van der Waals surface area contributed by atoms with Gasteiger partial charge in [-0.2, -0.15) is 0 Å². The van der Waals surface area contributed by atoms with Gasteiger partial charge in [0.05, 0.1) is 6.61 Å². The number of aryl methyl sites for hydroxylation is 1. The van der Waals surface area contributed by atoms with Crippen molar-refractivity contribution in [2.75, 3.05) is 20.3 Å². The van der Waals surface area contributed by atoms with Gasteiger partial charge in [-0.3, -0.25) is 0 Å². The Morgan fingerprint density at radius 1 is 1.31 bits per heavy atom. The van der Waals surface area contributed by atoms with Crippen LogP contribution in [0.3, 0.4) is 0 Å². The van der Waals surface area contributed by atoms with E-state index in [0.29, 0.717) is 19.1 Å². The van der Waals surface area contributed by atoms with E-state index in [-0.39, 0.29) is 0 Å². The van der Waals surface area contributed by atoms with E-state index in [2.05, 4.69) is 9.97 Å². The van der Waals surface area contributed by atoms with E-state index in [0.717, 1.165) is 12.1 Å². The second kappa shape index (κ2) is 5.48. The minimum atomic E-state index is 0.524. The third-order valence-electron chi connectivity index (χ3n) is 1.60. The zero-order valence-corrected chi connectivity index (χ0v) is 7.99. The molecule has 0 bridgehead atoms. The van der Waals surface area contributed by atoms with Crippen molar-refractivity contribution in [3.8, 4) is 5.88 Å². The molecule has 0 N–H and O–H groups in total. The Morgan fingerprint density at radius 2 is 2.15 bits per heavy atom. The molecule has 0 amide bonds. The highest BCUT2D eigenvalue weighted by molar-refractivity contribution is 5.13. The maximum Gasteiger partial charge on any atom is 0.216 e. The molecule has 0 aliphatic carbocycles. The van der Waals surface area contributed by atoms with Crippen LogP contribution in [0.25, 0.3) is 0 Å². The molecule has 1 rings (SSSR count). The van der Waals surface area contributed by atoms with Crippen LogP contribution in [0.2, 0.25) is 0 Å². The first kappa shape index (κ1) is 9.92. The fraction of sp³-hybridized carbons (Fsp3) is 0.556. The van der Waals surface area contributed by atoms with Gasteiger partial charge in [-0.05, 0) is 6.42 Å². The smallest absolute Gasteiger partial charge is 0.216 e. The van der Waals surface area contributed by atoms with Gasteiger partial charge in [0, 0.05) is 18.9 Å². The first-order valence-electron chi connectivity index (χ1n) is 4.29. The zero-order chi connectivity index (χ0) is 9.52. The second-order valence-electron chi connectivity index (χ2n) is 2.54. The summed E-state index contributed by atoms with van der Waals surface area (Å²) in [6.45, 7) is 3.14. The lowest BCUT2D eigenvalue weighted by molar-refractivity contribution is 0.143. The fourth-order valence-electron chi connectivity index (χ4n) is 0.879. The summed E-state index contributed by atoms with van der Waals surface area (Å²) >= 11 is 0. The minimum Gasteiger partial charge on any atom is -0.475 e. The Labute approximate surface area is 77.9 Å². The van der Waals surface area contributed by atoms with Gasteiger partial charge < -0.3 is 9.47 Å². The van der Waals surface area contributed by atoms with Gasteiger partial charge >= 0.3 is 0 Å².